The van der Waals surface area contributed by atoms with Crippen molar-refractivity contribution in [2.75, 3.05) is 0 Å². The monoisotopic (exact) mass is 252 g/mol. The van der Waals surface area contributed by atoms with Crippen molar-refractivity contribution in [1.29, 1.82) is 0 Å². The summed E-state index contributed by atoms with van der Waals surface area (Å²) in [5.41, 5.74) is 3.82. The average molecular weight is 252 g/mol. The van der Waals surface area contributed by atoms with E-state index in [9.17, 15) is 5.11 Å². The van der Waals surface area contributed by atoms with Gasteiger partial charge < -0.3 is 9.67 Å². The second-order valence-corrected chi connectivity index (χ2v) is 4.77. The van der Waals surface area contributed by atoms with Crippen molar-refractivity contribution in [3.05, 3.63) is 54.2 Å². The molecule has 0 saturated carbocycles. The van der Waals surface area contributed by atoms with Crippen LogP contribution in [-0.4, -0.2) is 14.7 Å². The molecule has 0 aliphatic rings. The van der Waals surface area contributed by atoms with Crippen LogP contribution in [0.2, 0.25) is 0 Å². The number of aromatic nitrogens is 2. The van der Waals surface area contributed by atoms with E-state index in [4.69, 9.17) is 0 Å². The quantitative estimate of drug-likeness (QED) is 0.760. The molecule has 0 spiro atoms. The van der Waals surface area contributed by atoms with Gasteiger partial charge in [0.25, 0.3) is 0 Å². The fourth-order valence-corrected chi connectivity index (χ4v) is 2.36. The minimum absolute atomic E-state index is 0.547. The standard InChI is InChI=1S/C16H16N2O/c1-11(19)13-7-5-8-14(17-13)16-10-12-6-3-4-9-15(12)18(16)2/h3-11,19H,1-2H3. The predicted octanol–water partition coefficient (Wildman–Crippen LogP) is 3.29. The topological polar surface area (TPSA) is 38.0 Å². The third kappa shape index (κ3) is 2.02. The molecule has 2 aromatic heterocycles. The fourth-order valence-electron chi connectivity index (χ4n) is 2.36. The molecule has 0 aliphatic heterocycles. The first-order valence-electron chi connectivity index (χ1n) is 6.36. The van der Waals surface area contributed by atoms with E-state index in [0.717, 1.165) is 11.4 Å². The summed E-state index contributed by atoms with van der Waals surface area (Å²) in [6, 6.07) is 16.1. The van der Waals surface area contributed by atoms with Crippen LogP contribution in [0.3, 0.4) is 0 Å². The van der Waals surface area contributed by atoms with E-state index in [-0.39, 0.29) is 0 Å². The number of fused-ring (bicyclic) bond motifs is 1. The molecule has 0 fully saturated rings. The van der Waals surface area contributed by atoms with Crippen molar-refractivity contribution < 1.29 is 5.11 Å². The number of hydrogen-bond acceptors (Lipinski definition) is 2. The van der Waals surface area contributed by atoms with Gasteiger partial charge in [0.05, 0.1) is 23.2 Å². The molecule has 0 bridgehead atoms. The normalized spacial score (nSPS) is 12.8. The van der Waals surface area contributed by atoms with Gasteiger partial charge >= 0.3 is 0 Å². The van der Waals surface area contributed by atoms with Gasteiger partial charge in [0, 0.05) is 18.0 Å². The zero-order valence-corrected chi connectivity index (χ0v) is 11.0. The molecule has 2 heterocycles. The van der Waals surface area contributed by atoms with E-state index in [1.165, 1.54) is 10.9 Å². The molecule has 1 N–H and O–H groups in total. The van der Waals surface area contributed by atoms with E-state index in [2.05, 4.69) is 27.8 Å². The summed E-state index contributed by atoms with van der Waals surface area (Å²) >= 11 is 0. The number of aryl methyl sites for hydroxylation is 1. The van der Waals surface area contributed by atoms with Crippen LogP contribution in [0.5, 0.6) is 0 Å². The second-order valence-electron chi connectivity index (χ2n) is 4.77. The summed E-state index contributed by atoms with van der Waals surface area (Å²) in [7, 11) is 2.04. The zero-order valence-electron chi connectivity index (χ0n) is 11.0. The van der Waals surface area contributed by atoms with Crippen LogP contribution in [0, 0.1) is 0 Å². The molecule has 0 radical (unpaired) electrons. The lowest BCUT2D eigenvalue weighted by Gasteiger charge is -2.07. The smallest absolute Gasteiger partial charge is 0.0932 e. The lowest BCUT2D eigenvalue weighted by atomic mass is 10.2. The van der Waals surface area contributed by atoms with Crippen LogP contribution < -0.4 is 0 Å². The Morgan fingerprint density at radius 3 is 2.63 bits per heavy atom. The summed E-state index contributed by atoms with van der Waals surface area (Å²) < 4.78 is 2.13. The Hall–Kier alpha value is -2.13. The zero-order chi connectivity index (χ0) is 13.4. The highest BCUT2D eigenvalue weighted by molar-refractivity contribution is 5.86. The van der Waals surface area contributed by atoms with Gasteiger partial charge in [-0.2, -0.15) is 0 Å². The average Bonchev–Trinajstić information content (AvgIpc) is 2.77. The number of aliphatic hydroxyl groups is 1. The Balaban J connectivity index is 2.19. The van der Waals surface area contributed by atoms with Crippen LogP contribution in [0.4, 0.5) is 0 Å². The lowest BCUT2D eigenvalue weighted by molar-refractivity contribution is 0.194. The molecule has 19 heavy (non-hydrogen) atoms. The maximum Gasteiger partial charge on any atom is 0.0932 e. The van der Waals surface area contributed by atoms with E-state index in [0.29, 0.717) is 5.69 Å². The van der Waals surface area contributed by atoms with E-state index in [1.807, 2.05) is 37.4 Å². The first-order chi connectivity index (χ1) is 9.16. The highest BCUT2D eigenvalue weighted by Gasteiger charge is 2.10. The molecule has 0 saturated heterocycles. The van der Waals surface area contributed by atoms with Crippen LogP contribution in [-0.2, 0) is 7.05 Å². The number of pyridine rings is 1. The molecule has 0 aliphatic carbocycles. The van der Waals surface area contributed by atoms with Gasteiger partial charge in [-0.1, -0.05) is 24.3 Å². The number of nitrogens with zero attached hydrogens (tertiary/aromatic N) is 2. The van der Waals surface area contributed by atoms with Crippen LogP contribution >= 0.6 is 0 Å². The van der Waals surface area contributed by atoms with Gasteiger partial charge in [-0.3, -0.25) is 0 Å². The Morgan fingerprint density at radius 1 is 1.11 bits per heavy atom. The summed E-state index contributed by atoms with van der Waals surface area (Å²) in [6.45, 7) is 1.73. The first kappa shape index (κ1) is 11.9. The van der Waals surface area contributed by atoms with Gasteiger partial charge in [0.2, 0.25) is 0 Å². The van der Waals surface area contributed by atoms with Gasteiger partial charge in [0.1, 0.15) is 0 Å². The molecule has 3 aromatic rings. The highest BCUT2D eigenvalue weighted by Crippen LogP contribution is 2.26. The Labute approximate surface area is 112 Å². The number of hydrogen-bond donors (Lipinski definition) is 1. The number of benzene rings is 1. The SMILES string of the molecule is CC(O)c1cccc(-c2cc3ccccc3n2C)n1. The molecule has 3 nitrogen and oxygen atoms in total. The highest BCUT2D eigenvalue weighted by atomic mass is 16.3. The van der Waals surface area contributed by atoms with Crippen molar-refractivity contribution in [3.8, 4) is 11.4 Å². The van der Waals surface area contributed by atoms with Gasteiger partial charge in [0.15, 0.2) is 0 Å². The molecule has 3 rings (SSSR count). The number of aliphatic hydroxyl groups excluding tert-OH is 1. The fraction of sp³-hybridized carbons (Fsp3) is 0.188. The van der Waals surface area contributed by atoms with Crippen molar-refractivity contribution in [3.63, 3.8) is 0 Å². The summed E-state index contributed by atoms with van der Waals surface area (Å²) in [4.78, 5) is 4.53. The van der Waals surface area contributed by atoms with Gasteiger partial charge in [-0.05, 0) is 31.2 Å². The van der Waals surface area contributed by atoms with E-state index in [1.54, 1.807) is 6.92 Å². The molecule has 3 heteroatoms. The van der Waals surface area contributed by atoms with Crippen LogP contribution in [0.15, 0.2) is 48.5 Å². The largest absolute Gasteiger partial charge is 0.387 e. The minimum Gasteiger partial charge on any atom is -0.387 e. The Bertz CT molecular complexity index is 728. The molecule has 1 unspecified atom stereocenters. The summed E-state index contributed by atoms with van der Waals surface area (Å²) in [5, 5.41) is 10.8. The molecule has 1 aromatic carbocycles. The Kier molecular flexibility index (Phi) is 2.84. The predicted molar refractivity (Wildman–Crippen MR) is 76.8 cm³/mol. The van der Waals surface area contributed by atoms with Crippen molar-refractivity contribution in [2.45, 2.75) is 13.0 Å². The molecular formula is C16H16N2O. The third-order valence-corrected chi connectivity index (χ3v) is 3.41. The van der Waals surface area contributed by atoms with Gasteiger partial charge in [-0.15, -0.1) is 0 Å². The van der Waals surface area contributed by atoms with E-state index < -0.39 is 6.10 Å². The third-order valence-electron chi connectivity index (χ3n) is 3.41. The first-order valence-corrected chi connectivity index (χ1v) is 6.36. The van der Waals surface area contributed by atoms with Crippen molar-refractivity contribution >= 4 is 10.9 Å². The molecule has 0 amide bonds. The summed E-state index contributed by atoms with van der Waals surface area (Å²) in [5.74, 6) is 0. The minimum atomic E-state index is -0.547. The molecular weight excluding hydrogens is 236 g/mol. The molecule has 96 valence electrons. The van der Waals surface area contributed by atoms with Crippen molar-refractivity contribution in [1.82, 2.24) is 9.55 Å². The maximum atomic E-state index is 9.63. The van der Waals surface area contributed by atoms with Gasteiger partial charge in [-0.25, -0.2) is 4.98 Å². The van der Waals surface area contributed by atoms with E-state index >= 15 is 0 Å². The lowest BCUT2D eigenvalue weighted by Crippen LogP contribution is -1.98. The van der Waals surface area contributed by atoms with Crippen LogP contribution in [0.25, 0.3) is 22.3 Å². The Morgan fingerprint density at radius 2 is 1.89 bits per heavy atom. The van der Waals surface area contributed by atoms with Crippen molar-refractivity contribution in [2.24, 2.45) is 7.05 Å². The number of para-hydroxylation sites is 1. The molecule has 1 atom stereocenters. The summed E-state index contributed by atoms with van der Waals surface area (Å²) in [6.07, 6.45) is -0.547. The maximum absolute atomic E-state index is 9.63. The second kappa shape index (κ2) is 4.52. The van der Waals surface area contributed by atoms with Crippen LogP contribution in [0.1, 0.15) is 18.7 Å². The number of rotatable bonds is 2.